The van der Waals surface area contributed by atoms with E-state index in [1.807, 2.05) is 0 Å². The van der Waals surface area contributed by atoms with Crippen LogP contribution in [0.4, 0.5) is 9.18 Å². The summed E-state index contributed by atoms with van der Waals surface area (Å²) in [6, 6.07) is 5.72. The van der Waals surface area contributed by atoms with Crippen LogP contribution in [-0.4, -0.2) is 36.6 Å². The van der Waals surface area contributed by atoms with Gasteiger partial charge < -0.3 is 9.64 Å². The van der Waals surface area contributed by atoms with Gasteiger partial charge in [0.25, 0.3) is 0 Å². The highest BCUT2D eigenvalue weighted by Gasteiger charge is 2.22. The van der Waals surface area contributed by atoms with Gasteiger partial charge in [0.15, 0.2) is 6.79 Å². The summed E-state index contributed by atoms with van der Waals surface area (Å²) in [5, 5.41) is 1.15. The third kappa shape index (κ3) is 2.92. The van der Waals surface area contributed by atoms with Crippen molar-refractivity contribution < 1.29 is 18.8 Å². The van der Waals surface area contributed by atoms with E-state index < -0.39 is 0 Å². The van der Waals surface area contributed by atoms with Crippen LogP contribution < -0.4 is 0 Å². The van der Waals surface area contributed by atoms with Crippen molar-refractivity contribution in [1.29, 1.82) is 0 Å². The average Bonchev–Trinajstić information content (AvgIpc) is 2.45. The quantitative estimate of drug-likeness (QED) is 0.787. The van der Waals surface area contributed by atoms with E-state index in [9.17, 15) is 9.18 Å². The van der Waals surface area contributed by atoms with Crippen molar-refractivity contribution in [2.45, 2.75) is 6.54 Å². The largest absolute Gasteiger partial charge is 0.345 e. The van der Waals surface area contributed by atoms with Gasteiger partial charge in [0, 0.05) is 7.05 Å². The number of carbonyl (C=O) groups is 1. The summed E-state index contributed by atoms with van der Waals surface area (Å²) in [5.41, 5.74) is 0.661. The van der Waals surface area contributed by atoms with E-state index in [1.54, 1.807) is 19.2 Å². The lowest BCUT2D eigenvalue weighted by atomic mass is 10.2. The zero-order valence-electron chi connectivity index (χ0n) is 9.43. The topological polar surface area (TPSA) is 42.0 Å². The van der Waals surface area contributed by atoms with Crippen molar-refractivity contribution in [1.82, 2.24) is 9.96 Å². The fourth-order valence-electron chi connectivity index (χ4n) is 1.49. The van der Waals surface area contributed by atoms with Crippen LogP contribution in [0, 0.1) is 5.82 Å². The minimum atomic E-state index is -0.339. The van der Waals surface area contributed by atoms with Gasteiger partial charge in [-0.05, 0) is 17.7 Å². The molecule has 1 heterocycles. The molecule has 0 atom stereocenters. The van der Waals surface area contributed by atoms with Gasteiger partial charge in [-0.15, -0.1) is 0 Å². The number of urea groups is 1. The average molecular weight is 240 g/mol. The van der Waals surface area contributed by atoms with Gasteiger partial charge in [0.05, 0.1) is 6.54 Å². The summed E-state index contributed by atoms with van der Waals surface area (Å²) in [4.78, 5) is 18.3. The Bertz CT molecular complexity index is 413. The molecule has 92 valence electrons. The molecule has 1 aliphatic rings. The summed E-state index contributed by atoms with van der Waals surface area (Å²) in [6.45, 7) is 0.369. The van der Waals surface area contributed by atoms with E-state index in [-0.39, 0.29) is 31.9 Å². The third-order valence-electron chi connectivity index (χ3n) is 2.33. The van der Waals surface area contributed by atoms with Gasteiger partial charge >= 0.3 is 6.03 Å². The Balaban J connectivity index is 2.08. The Morgan fingerprint density at radius 3 is 3.06 bits per heavy atom. The number of hydrogen-bond acceptors (Lipinski definition) is 3. The molecule has 0 bridgehead atoms. The molecule has 1 aromatic rings. The first-order valence-electron chi connectivity index (χ1n) is 5.14. The number of ether oxygens (including phenoxy) is 1. The zero-order chi connectivity index (χ0) is 12.3. The highest BCUT2D eigenvalue weighted by molar-refractivity contribution is 5.73. The lowest BCUT2D eigenvalue weighted by Gasteiger charge is -2.22. The summed E-state index contributed by atoms with van der Waals surface area (Å²) in [7, 11) is 1.61. The van der Waals surface area contributed by atoms with Crippen LogP contribution >= 0.6 is 0 Å². The monoisotopic (exact) mass is 240 g/mol. The minimum Gasteiger partial charge on any atom is -0.332 e. The maximum absolute atomic E-state index is 13.0. The molecule has 5 nitrogen and oxygen atoms in total. The summed E-state index contributed by atoms with van der Waals surface area (Å²) in [6.07, 6.45) is 0. The number of halogens is 1. The maximum Gasteiger partial charge on any atom is 0.345 e. The van der Waals surface area contributed by atoms with E-state index >= 15 is 0 Å². The smallest absolute Gasteiger partial charge is 0.332 e. The highest BCUT2D eigenvalue weighted by Crippen LogP contribution is 2.11. The van der Waals surface area contributed by atoms with Crippen molar-refractivity contribution in [3.63, 3.8) is 0 Å². The van der Waals surface area contributed by atoms with Gasteiger partial charge in [0.1, 0.15) is 12.5 Å². The van der Waals surface area contributed by atoms with Crippen molar-refractivity contribution in [3.8, 4) is 0 Å². The Kier molecular flexibility index (Phi) is 3.55. The van der Waals surface area contributed by atoms with Crippen LogP contribution in [0.15, 0.2) is 24.3 Å². The van der Waals surface area contributed by atoms with Crippen LogP contribution in [0.25, 0.3) is 0 Å². The molecule has 0 saturated carbocycles. The van der Waals surface area contributed by atoms with Gasteiger partial charge in [-0.25, -0.2) is 14.0 Å². The second-order valence-corrected chi connectivity index (χ2v) is 3.73. The predicted molar refractivity (Wildman–Crippen MR) is 57.0 cm³/mol. The normalized spacial score (nSPS) is 17.2. The van der Waals surface area contributed by atoms with Gasteiger partial charge in [0.2, 0.25) is 0 Å². The Morgan fingerprint density at radius 2 is 2.29 bits per heavy atom. The first-order chi connectivity index (χ1) is 8.16. The molecular formula is C11H13FN2O3. The molecule has 1 aliphatic heterocycles. The first-order valence-corrected chi connectivity index (χ1v) is 5.14. The summed E-state index contributed by atoms with van der Waals surface area (Å²) in [5.74, 6) is -0.339. The Hall–Kier alpha value is -1.66. The highest BCUT2D eigenvalue weighted by atomic mass is 19.1. The fourth-order valence-corrected chi connectivity index (χ4v) is 1.49. The number of hydroxylamine groups is 2. The molecule has 0 radical (unpaired) electrons. The summed E-state index contributed by atoms with van der Waals surface area (Å²) >= 11 is 0. The SMILES string of the molecule is CN1COCON(Cc2cccc(F)c2)C1=O. The standard InChI is InChI=1S/C11H13FN2O3/c1-13-7-16-8-17-14(11(13)15)6-9-3-2-4-10(12)5-9/h2-5H,6-8H2,1H3. The zero-order valence-corrected chi connectivity index (χ0v) is 9.43. The van der Waals surface area contributed by atoms with Gasteiger partial charge in [-0.1, -0.05) is 12.1 Å². The first kappa shape index (κ1) is 11.8. The Labute approximate surface area is 98.3 Å². The van der Waals surface area contributed by atoms with Crippen LogP contribution in [-0.2, 0) is 16.1 Å². The maximum atomic E-state index is 13.0. The van der Waals surface area contributed by atoms with E-state index in [2.05, 4.69) is 0 Å². The molecule has 0 aromatic heterocycles. The molecule has 1 aromatic carbocycles. The molecule has 1 fully saturated rings. The number of nitrogens with zero attached hydrogens (tertiary/aromatic N) is 2. The predicted octanol–water partition coefficient (Wildman–Crippen LogP) is 1.56. The van der Waals surface area contributed by atoms with Gasteiger partial charge in [-0.3, -0.25) is 0 Å². The molecule has 17 heavy (non-hydrogen) atoms. The lowest BCUT2D eigenvalue weighted by Crippen LogP contribution is -2.38. The van der Waals surface area contributed by atoms with Crippen molar-refractivity contribution >= 4 is 6.03 Å². The lowest BCUT2D eigenvalue weighted by molar-refractivity contribution is -0.183. The number of benzene rings is 1. The van der Waals surface area contributed by atoms with E-state index in [0.29, 0.717) is 5.56 Å². The van der Waals surface area contributed by atoms with Crippen LogP contribution in [0.5, 0.6) is 0 Å². The van der Waals surface area contributed by atoms with Crippen LogP contribution in [0.3, 0.4) is 0 Å². The van der Waals surface area contributed by atoms with Crippen LogP contribution in [0.2, 0.25) is 0 Å². The summed E-state index contributed by atoms with van der Waals surface area (Å²) < 4.78 is 18.0. The molecule has 0 spiro atoms. The number of carbonyl (C=O) groups excluding carboxylic acids is 1. The second kappa shape index (κ2) is 5.11. The third-order valence-corrected chi connectivity index (χ3v) is 2.33. The molecule has 2 amide bonds. The minimum absolute atomic E-state index is 0.00535. The van der Waals surface area contributed by atoms with E-state index in [1.165, 1.54) is 17.0 Å². The molecule has 6 heteroatoms. The van der Waals surface area contributed by atoms with Crippen molar-refractivity contribution in [2.24, 2.45) is 0 Å². The fraction of sp³-hybridized carbons (Fsp3) is 0.364. The van der Waals surface area contributed by atoms with Gasteiger partial charge in [-0.2, -0.15) is 5.06 Å². The second-order valence-electron chi connectivity index (χ2n) is 3.73. The molecule has 2 rings (SSSR count). The van der Waals surface area contributed by atoms with Crippen molar-refractivity contribution in [2.75, 3.05) is 20.6 Å². The van der Waals surface area contributed by atoms with E-state index in [0.717, 1.165) is 5.06 Å². The number of rotatable bonds is 2. The molecule has 0 unspecified atom stereocenters. The molecule has 0 aliphatic carbocycles. The number of amides is 2. The molecule has 1 saturated heterocycles. The van der Waals surface area contributed by atoms with Crippen molar-refractivity contribution in [3.05, 3.63) is 35.6 Å². The number of hydrogen-bond donors (Lipinski definition) is 0. The Morgan fingerprint density at radius 1 is 1.47 bits per heavy atom. The molecule has 0 N–H and O–H groups in total. The molecular weight excluding hydrogens is 227 g/mol. The van der Waals surface area contributed by atoms with Crippen LogP contribution in [0.1, 0.15) is 5.56 Å². The van der Waals surface area contributed by atoms with E-state index in [4.69, 9.17) is 9.57 Å².